The summed E-state index contributed by atoms with van der Waals surface area (Å²) in [6, 6.07) is -0.120. The number of aliphatic hydroxyl groups is 1. The molecule has 1 amide bonds. The van der Waals surface area contributed by atoms with E-state index in [1.165, 1.54) is 0 Å². The molecule has 90 valence electrons. The molecule has 0 spiro atoms. The van der Waals surface area contributed by atoms with Gasteiger partial charge in [-0.25, -0.2) is 0 Å². The van der Waals surface area contributed by atoms with Crippen LogP contribution in [0.5, 0.6) is 0 Å². The molecule has 0 aromatic carbocycles. The average molecular weight is 216 g/mol. The maximum Gasteiger partial charge on any atom is 0.236 e. The third-order valence-corrected chi connectivity index (χ3v) is 2.23. The third kappa shape index (κ3) is 8.39. The Hall–Kier alpha value is -0.610. The molecule has 1 atom stereocenters. The van der Waals surface area contributed by atoms with Crippen LogP contribution in [-0.2, 0) is 4.79 Å². The Bertz CT molecular complexity index is 163. The molecule has 0 radical (unpaired) electrons. The van der Waals surface area contributed by atoms with E-state index in [2.05, 4.69) is 10.6 Å². The first-order valence-electron chi connectivity index (χ1n) is 5.84. The summed E-state index contributed by atoms with van der Waals surface area (Å²) in [6.07, 6.45) is 3.83. The van der Waals surface area contributed by atoms with Gasteiger partial charge in [0.2, 0.25) is 5.91 Å². The largest absolute Gasteiger partial charge is 0.396 e. The highest BCUT2D eigenvalue weighted by molar-refractivity contribution is 5.81. The van der Waals surface area contributed by atoms with Crippen molar-refractivity contribution in [2.45, 2.75) is 45.6 Å². The van der Waals surface area contributed by atoms with E-state index in [0.29, 0.717) is 0 Å². The second kappa shape index (κ2) is 9.93. The number of nitrogens with one attached hydrogen (secondary N) is 2. The van der Waals surface area contributed by atoms with Crippen molar-refractivity contribution in [1.82, 2.24) is 10.6 Å². The lowest BCUT2D eigenvalue weighted by Crippen LogP contribution is -2.42. The molecule has 0 aliphatic rings. The first-order valence-corrected chi connectivity index (χ1v) is 5.84. The number of rotatable bonds is 9. The van der Waals surface area contributed by atoms with Gasteiger partial charge in [0.25, 0.3) is 0 Å². The van der Waals surface area contributed by atoms with Crippen molar-refractivity contribution >= 4 is 5.91 Å². The molecule has 4 nitrogen and oxygen atoms in total. The number of hydrogen-bond acceptors (Lipinski definition) is 3. The van der Waals surface area contributed by atoms with Crippen molar-refractivity contribution in [3.05, 3.63) is 0 Å². The molecule has 0 saturated carbocycles. The number of carbonyl (C=O) groups excluding carboxylic acids is 1. The van der Waals surface area contributed by atoms with Crippen LogP contribution in [0.3, 0.4) is 0 Å². The summed E-state index contributed by atoms with van der Waals surface area (Å²) >= 11 is 0. The summed E-state index contributed by atoms with van der Waals surface area (Å²) < 4.78 is 0. The van der Waals surface area contributed by atoms with Gasteiger partial charge in [0.15, 0.2) is 0 Å². The summed E-state index contributed by atoms with van der Waals surface area (Å²) in [6.45, 7) is 5.74. The zero-order valence-corrected chi connectivity index (χ0v) is 9.88. The van der Waals surface area contributed by atoms with E-state index in [0.717, 1.165) is 38.8 Å². The topological polar surface area (TPSA) is 61.4 Å². The van der Waals surface area contributed by atoms with Crippen LogP contribution >= 0.6 is 0 Å². The van der Waals surface area contributed by atoms with Gasteiger partial charge >= 0.3 is 0 Å². The van der Waals surface area contributed by atoms with E-state index in [1.54, 1.807) is 0 Å². The summed E-state index contributed by atoms with van der Waals surface area (Å²) in [4.78, 5) is 11.4. The second-order valence-corrected chi connectivity index (χ2v) is 3.75. The van der Waals surface area contributed by atoms with E-state index >= 15 is 0 Å². The lowest BCUT2D eigenvalue weighted by atomic mass is 10.2. The Kier molecular flexibility index (Phi) is 9.52. The van der Waals surface area contributed by atoms with Gasteiger partial charge in [-0.3, -0.25) is 4.79 Å². The van der Waals surface area contributed by atoms with E-state index < -0.39 is 0 Å². The molecule has 15 heavy (non-hydrogen) atoms. The van der Waals surface area contributed by atoms with Crippen LogP contribution in [-0.4, -0.2) is 36.8 Å². The first-order chi connectivity index (χ1) is 7.22. The van der Waals surface area contributed by atoms with Gasteiger partial charge in [0.1, 0.15) is 0 Å². The predicted molar refractivity (Wildman–Crippen MR) is 61.7 cm³/mol. The Labute approximate surface area is 92.4 Å². The first kappa shape index (κ1) is 14.4. The highest BCUT2D eigenvalue weighted by atomic mass is 16.2. The fraction of sp³-hybridized carbons (Fsp3) is 0.909. The van der Waals surface area contributed by atoms with Crippen LogP contribution in [0.1, 0.15) is 39.5 Å². The van der Waals surface area contributed by atoms with Gasteiger partial charge in [-0.05, 0) is 39.2 Å². The fourth-order valence-electron chi connectivity index (χ4n) is 1.23. The summed E-state index contributed by atoms with van der Waals surface area (Å²) in [5.74, 6) is 0.0685. The predicted octanol–water partition coefficient (Wildman–Crippen LogP) is 0.653. The highest BCUT2D eigenvalue weighted by Gasteiger charge is 2.09. The Morgan fingerprint density at radius 1 is 1.27 bits per heavy atom. The number of amides is 1. The monoisotopic (exact) mass is 216 g/mol. The molecule has 0 aromatic rings. The number of carbonyl (C=O) groups is 1. The van der Waals surface area contributed by atoms with Crippen LogP contribution < -0.4 is 10.6 Å². The van der Waals surface area contributed by atoms with Crippen molar-refractivity contribution in [2.24, 2.45) is 0 Å². The van der Waals surface area contributed by atoms with Crippen molar-refractivity contribution in [1.29, 1.82) is 0 Å². The molecule has 0 fully saturated rings. The van der Waals surface area contributed by atoms with Gasteiger partial charge in [0, 0.05) is 13.2 Å². The molecule has 0 aliphatic heterocycles. The minimum Gasteiger partial charge on any atom is -0.396 e. The van der Waals surface area contributed by atoms with Crippen LogP contribution in [0.4, 0.5) is 0 Å². The van der Waals surface area contributed by atoms with Gasteiger partial charge in [-0.1, -0.05) is 6.92 Å². The fourth-order valence-corrected chi connectivity index (χ4v) is 1.23. The van der Waals surface area contributed by atoms with E-state index in [9.17, 15) is 4.79 Å². The van der Waals surface area contributed by atoms with Gasteiger partial charge in [-0.15, -0.1) is 0 Å². The molecule has 3 N–H and O–H groups in total. The van der Waals surface area contributed by atoms with Crippen molar-refractivity contribution in [3.63, 3.8) is 0 Å². The smallest absolute Gasteiger partial charge is 0.236 e. The van der Waals surface area contributed by atoms with Crippen molar-refractivity contribution in [2.75, 3.05) is 19.7 Å². The maximum atomic E-state index is 11.4. The van der Waals surface area contributed by atoms with Gasteiger partial charge < -0.3 is 15.7 Å². The zero-order valence-electron chi connectivity index (χ0n) is 9.88. The van der Waals surface area contributed by atoms with E-state index in [4.69, 9.17) is 5.11 Å². The second-order valence-electron chi connectivity index (χ2n) is 3.75. The van der Waals surface area contributed by atoms with Crippen molar-refractivity contribution < 1.29 is 9.90 Å². The van der Waals surface area contributed by atoms with Crippen LogP contribution in [0.2, 0.25) is 0 Å². The van der Waals surface area contributed by atoms with Crippen LogP contribution in [0.25, 0.3) is 0 Å². The number of hydrogen-bond donors (Lipinski definition) is 3. The third-order valence-electron chi connectivity index (χ3n) is 2.23. The minimum atomic E-state index is -0.120. The Balaban J connectivity index is 3.38. The lowest BCUT2D eigenvalue weighted by molar-refractivity contribution is -0.122. The summed E-state index contributed by atoms with van der Waals surface area (Å²) in [5.41, 5.74) is 0. The molecule has 0 heterocycles. The standard InChI is InChI=1S/C11H24N2O2/c1-3-7-13-11(15)10(2)12-8-5-4-6-9-14/h10,12,14H,3-9H2,1-2H3,(H,13,15). The summed E-state index contributed by atoms with van der Waals surface area (Å²) in [5, 5.41) is 14.6. The SMILES string of the molecule is CCCNC(=O)C(C)NCCCCCO. The highest BCUT2D eigenvalue weighted by Crippen LogP contribution is 1.93. The molecule has 0 aromatic heterocycles. The quantitative estimate of drug-likeness (QED) is 0.496. The maximum absolute atomic E-state index is 11.4. The van der Waals surface area contributed by atoms with Gasteiger partial charge in [0.05, 0.1) is 6.04 Å². The Morgan fingerprint density at radius 3 is 2.60 bits per heavy atom. The molecule has 0 saturated heterocycles. The van der Waals surface area contributed by atoms with Crippen LogP contribution in [0.15, 0.2) is 0 Å². The molecular weight excluding hydrogens is 192 g/mol. The Morgan fingerprint density at radius 2 is 2.00 bits per heavy atom. The number of aliphatic hydroxyl groups excluding tert-OH is 1. The average Bonchev–Trinajstić information content (AvgIpc) is 2.25. The normalized spacial score (nSPS) is 12.5. The van der Waals surface area contributed by atoms with E-state index in [1.807, 2.05) is 13.8 Å². The lowest BCUT2D eigenvalue weighted by Gasteiger charge is -2.13. The molecule has 0 rings (SSSR count). The zero-order chi connectivity index (χ0) is 11.5. The van der Waals surface area contributed by atoms with Crippen LogP contribution in [0, 0.1) is 0 Å². The molecule has 0 aliphatic carbocycles. The molecule has 4 heteroatoms. The molecular formula is C11H24N2O2. The molecule has 0 bridgehead atoms. The van der Waals surface area contributed by atoms with E-state index in [-0.39, 0.29) is 18.6 Å². The minimum absolute atomic E-state index is 0.0685. The van der Waals surface area contributed by atoms with Gasteiger partial charge in [-0.2, -0.15) is 0 Å². The molecule has 1 unspecified atom stereocenters. The van der Waals surface area contributed by atoms with Crippen molar-refractivity contribution in [3.8, 4) is 0 Å². The number of unbranched alkanes of at least 4 members (excludes halogenated alkanes) is 2. The summed E-state index contributed by atoms with van der Waals surface area (Å²) in [7, 11) is 0.